The van der Waals surface area contributed by atoms with Gasteiger partial charge in [-0.15, -0.1) is 0 Å². The lowest BCUT2D eigenvalue weighted by Gasteiger charge is -2.08. The van der Waals surface area contributed by atoms with Gasteiger partial charge in [-0.3, -0.25) is 0 Å². The first-order valence-electron chi connectivity index (χ1n) is 7.55. The van der Waals surface area contributed by atoms with E-state index in [1.54, 1.807) is 27.4 Å². The molecular formula is C18H13ClN3O2S+. The molecule has 1 aromatic carbocycles. The molecular weight excluding hydrogens is 358 g/mol. The summed E-state index contributed by atoms with van der Waals surface area (Å²) in [6.45, 7) is 0.375. The maximum Gasteiger partial charge on any atom is 0.355 e. The van der Waals surface area contributed by atoms with Crippen LogP contribution in [0.4, 0.5) is 0 Å². The van der Waals surface area contributed by atoms with Crippen LogP contribution in [0.3, 0.4) is 0 Å². The van der Waals surface area contributed by atoms with Gasteiger partial charge >= 0.3 is 10.5 Å². The summed E-state index contributed by atoms with van der Waals surface area (Å²) in [4.78, 5) is 17.6. The van der Waals surface area contributed by atoms with Gasteiger partial charge in [0.05, 0.1) is 0 Å². The first kappa shape index (κ1) is 15.8. The van der Waals surface area contributed by atoms with Crippen LogP contribution in [0.5, 0.6) is 5.88 Å². The molecule has 0 atom stereocenters. The molecule has 4 rings (SSSR count). The molecule has 4 aromatic rings. The van der Waals surface area contributed by atoms with Gasteiger partial charge in [0.2, 0.25) is 0 Å². The summed E-state index contributed by atoms with van der Waals surface area (Å²) in [6, 6.07) is 12.7. The minimum absolute atomic E-state index is 0.0615. The number of pyridine rings is 1. The summed E-state index contributed by atoms with van der Waals surface area (Å²) in [7, 11) is 0. The third-order valence-corrected chi connectivity index (χ3v) is 5.03. The second-order valence-corrected chi connectivity index (χ2v) is 6.76. The van der Waals surface area contributed by atoms with E-state index in [-0.39, 0.29) is 17.0 Å². The molecule has 0 radical (unpaired) electrons. The second kappa shape index (κ2) is 6.31. The number of fused-ring (bicyclic) bond motifs is 1. The Morgan fingerprint density at radius 3 is 2.72 bits per heavy atom. The summed E-state index contributed by atoms with van der Waals surface area (Å²) in [5.74, 6) is -0.0615. The molecule has 0 bridgehead atoms. The molecule has 124 valence electrons. The summed E-state index contributed by atoms with van der Waals surface area (Å²) >= 11 is 7.23. The van der Waals surface area contributed by atoms with E-state index < -0.39 is 0 Å². The van der Waals surface area contributed by atoms with Crippen molar-refractivity contribution in [3.63, 3.8) is 0 Å². The number of nitrogens with zero attached hydrogens (tertiary/aromatic N) is 3. The van der Waals surface area contributed by atoms with Gasteiger partial charge in [-0.1, -0.05) is 59.3 Å². The summed E-state index contributed by atoms with van der Waals surface area (Å²) in [5.41, 5.74) is 1.58. The van der Waals surface area contributed by atoms with Crippen molar-refractivity contribution in [2.24, 2.45) is 0 Å². The van der Waals surface area contributed by atoms with Gasteiger partial charge in [0.15, 0.2) is 5.56 Å². The predicted octanol–water partition coefficient (Wildman–Crippen LogP) is 3.12. The molecule has 5 nitrogen and oxygen atoms in total. The van der Waals surface area contributed by atoms with Crippen LogP contribution in [0.1, 0.15) is 5.56 Å². The predicted molar refractivity (Wildman–Crippen MR) is 97.2 cm³/mol. The number of aromatic hydroxyl groups is 1. The molecule has 0 fully saturated rings. The van der Waals surface area contributed by atoms with E-state index in [9.17, 15) is 9.90 Å². The maximum atomic E-state index is 12.8. The Labute approximate surface area is 152 Å². The number of thiazole rings is 1. The van der Waals surface area contributed by atoms with Crippen LogP contribution in [-0.2, 0) is 6.54 Å². The quantitative estimate of drug-likeness (QED) is 0.445. The van der Waals surface area contributed by atoms with Crippen LogP contribution in [0, 0.1) is 0 Å². The van der Waals surface area contributed by atoms with Gasteiger partial charge in [0, 0.05) is 17.1 Å². The first-order valence-corrected chi connectivity index (χ1v) is 8.81. The number of halogens is 1. The fourth-order valence-electron chi connectivity index (χ4n) is 2.75. The minimum Gasteiger partial charge on any atom is -0.477 e. The summed E-state index contributed by atoms with van der Waals surface area (Å²) in [5, 5.41) is 13.1. The van der Waals surface area contributed by atoms with Gasteiger partial charge in [0.25, 0.3) is 5.88 Å². The molecule has 3 aromatic heterocycles. The van der Waals surface area contributed by atoms with E-state index in [1.165, 1.54) is 11.3 Å². The molecule has 0 aliphatic carbocycles. The normalized spacial score (nSPS) is 11.1. The van der Waals surface area contributed by atoms with Crippen LogP contribution in [-0.4, -0.2) is 14.7 Å². The Balaban J connectivity index is 1.96. The van der Waals surface area contributed by atoms with Gasteiger partial charge in [-0.05, 0) is 11.6 Å². The molecule has 3 heterocycles. The Morgan fingerprint density at radius 2 is 2.00 bits per heavy atom. The molecule has 0 amide bonds. The zero-order valence-electron chi connectivity index (χ0n) is 13.0. The van der Waals surface area contributed by atoms with Crippen molar-refractivity contribution < 1.29 is 9.51 Å². The Bertz CT molecular complexity index is 1110. The monoisotopic (exact) mass is 370 g/mol. The molecule has 0 aliphatic heterocycles. The van der Waals surface area contributed by atoms with Crippen molar-refractivity contribution in [3.8, 4) is 17.0 Å². The lowest BCUT2D eigenvalue weighted by atomic mass is 10.1. The smallest absolute Gasteiger partial charge is 0.355 e. The molecule has 0 unspecified atom stereocenters. The highest BCUT2D eigenvalue weighted by atomic mass is 35.5. The molecule has 7 heteroatoms. The standard InChI is InChI=1S/C18H12ClN3O2S/c19-14-7-6-12(10-20-14)11-22-17(24)15(13-4-2-1-3-5-13)16(23)21-8-9-25-18(21)22/h1-10H,11H2/p+1. The van der Waals surface area contributed by atoms with Gasteiger partial charge in [-0.25, -0.2) is 9.78 Å². The number of aromatic nitrogens is 3. The third-order valence-electron chi connectivity index (χ3n) is 3.92. The van der Waals surface area contributed by atoms with Crippen molar-refractivity contribution in [1.82, 2.24) is 9.55 Å². The molecule has 0 spiro atoms. The van der Waals surface area contributed by atoms with Crippen molar-refractivity contribution in [2.45, 2.75) is 6.54 Å². The van der Waals surface area contributed by atoms with E-state index in [0.29, 0.717) is 22.2 Å². The Kier molecular flexibility index (Phi) is 3.99. The average molecular weight is 371 g/mol. The van der Waals surface area contributed by atoms with E-state index >= 15 is 0 Å². The van der Waals surface area contributed by atoms with Crippen LogP contribution in [0.15, 0.2) is 65.0 Å². The van der Waals surface area contributed by atoms with E-state index in [2.05, 4.69) is 4.98 Å². The third kappa shape index (κ3) is 2.79. The van der Waals surface area contributed by atoms with Crippen molar-refractivity contribution >= 4 is 27.9 Å². The fraction of sp³-hybridized carbons (Fsp3) is 0.0556. The molecule has 0 aliphatic rings. The molecule has 0 saturated heterocycles. The highest BCUT2D eigenvalue weighted by Crippen LogP contribution is 2.27. The fourth-order valence-corrected chi connectivity index (χ4v) is 3.70. The topological polar surface area (TPSA) is 59.2 Å². The van der Waals surface area contributed by atoms with E-state index in [4.69, 9.17) is 11.6 Å². The van der Waals surface area contributed by atoms with Crippen molar-refractivity contribution in [3.05, 3.63) is 81.3 Å². The van der Waals surface area contributed by atoms with Crippen LogP contribution >= 0.6 is 22.9 Å². The average Bonchev–Trinajstić information content (AvgIpc) is 3.11. The van der Waals surface area contributed by atoms with Crippen molar-refractivity contribution in [1.29, 1.82) is 0 Å². The van der Waals surface area contributed by atoms with Crippen LogP contribution in [0.25, 0.3) is 16.1 Å². The lowest BCUT2D eigenvalue weighted by Crippen LogP contribution is -2.41. The lowest BCUT2D eigenvalue weighted by molar-refractivity contribution is -0.527. The number of benzene rings is 1. The summed E-state index contributed by atoms with van der Waals surface area (Å²) in [6.07, 6.45) is 3.37. The SMILES string of the molecule is O=c1c(-c2ccccc2)c(O)n(Cc2ccc(Cl)nc2)c2scc[n+]12. The molecule has 1 N–H and O–H groups in total. The highest BCUT2D eigenvalue weighted by Gasteiger charge is 2.26. The van der Waals surface area contributed by atoms with Crippen LogP contribution < -0.4 is 9.96 Å². The van der Waals surface area contributed by atoms with Crippen LogP contribution in [0.2, 0.25) is 5.15 Å². The van der Waals surface area contributed by atoms with E-state index in [1.807, 2.05) is 41.8 Å². The minimum atomic E-state index is -0.245. The molecule has 0 saturated carbocycles. The Hall–Kier alpha value is -2.70. The van der Waals surface area contributed by atoms with Gasteiger partial charge in [-0.2, -0.15) is 8.97 Å². The number of rotatable bonds is 3. The van der Waals surface area contributed by atoms with Gasteiger partial charge in [0.1, 0.15) is 17.9 Å². The number of hydrogen-bond donors (Lipinski definition) is 1. The maximum absolute atomic E-state index is 12.8. The second-order valence-electron chi connectivity index (χ2n) is 5.50. The Morgan fingerprint density at radius 1 is 1.20 bits per heavy atom. The van der Waals surface area contributed by atoms with E-state index in [0.717, 1.165) is 5.56 Å². The zero-order valence-corrected chi connectivity index (χ0v) is 14.5. The largest absolute Gasteiger partial charge is 0.477 e. The number of hydrogen-bond acceptors (Lipinski definition) is 4. The van der Waals surface area contributed by atoms with Gasteiger partial charge < -0.3 is 5.11 Å². The highest BCUT2D eigenvalue weighted by molar-refractivity contribution is 7.14. The molecule has 25 heavy (non-hydrogen) atoms. The van der Waals surface area contributed by atoms with Crippen molar-refractivity contribution in [2.75, 3.05) is 0 Å². The summed E-state index contributed by atoms with van der Waals surface area (Å²) < 4.78 is 3.26. The first-order chi connectivity index (χ1) is 12.1. The zero-order chi connectivity index (χ0) is 17.4.